The largest absolute Gasteiger partial charge is 0.459 e. The van der Waals surface area contributed by atoms with Crippen molar-refractivity contribution in [3.63, 3.8) is 0 Å². The molecule has 0 aliphatic carbocycles. The average molecular weight is 245 g/mol. The number of nitrogens with zero attached hydrogens (tertiary/aromatic N) is 2. The van der Waals surface area contributed by atoms with Crippen LogP contribution in [-0.2, 0) is 7.05 Å². The molecule has 1 unspecified atom stereocenters. The molecule has 1 aromatic carbocycles. The van der Waals surface area contributed by atoms with Gasteiger partial charge in [-0.2, -0.15) is 5.10 Å². The maximum absolute atomic E-state index is 13.1. The van der Waals surface area contributed by atoms with Gasteiger partial charge in [-0.15, -0.1) is 0 Å². The molecule has 92 valence electrons. The number of rotatable bonds is 2. The summed E-state index contributed by atoms with van der Waals surface area (Å²) in [5.41, 5.74) is 7.59. The molecule has 0 spiro atoms. The van der Waals surface area contributed by atoms with Gasteiger partial charge in [-0.05, 0) is 30.3 Å². The summed E-state index contributed by atoms with van der Waals surface area (Å²) in [5.74, 6) is 0.308. The van der Waals surface area contributed by atoms with Crippen molar-refractivity contribution in [3.05, 3.63) is 53.8 Å². The smallest absolute Gasteiger partial charge is 0.134 e. The first-order valence-corrected chi connectivity index (χ1v) is 5.57. The highest BCUT2D eigenvalue weighted by Gasteiger charge is 2.17. The molecule has 0 saturated heterocycles. The zero-order valence-electron chi connectivity index (χ0n) is 9.80. The number of halogens is 1. The first-order valence-electron chi connectivity index (χ1n) is 5.57. The summed E-state index contributed by atoms with van der Waals surface area (Å²) >= 11 is 0. The quantitative estimate of drug-likeness (QED) is 0.754. The van der Waals surface area contributed by atoms with Crippen molar-refractivity contribution >= 4 is 11.0 Å². The van der Waals surface area contributed by atoms with E-state index in [1.54, 1.807) is 23.0 Å². The summed E-state index contributed by atoms with van der Waals surface area (Å²) in [5, 5.41) is 4.78. The third kappa shape index (κ3) is 1.69. The summed E-state index contributed by atoms with van der Waals surface area (Å²) in [6.07, 6.45) is 1.68. The van der Waals surface area contributed by atoms with E-state index in [-0.39, 0.29) is 5.82 Å². The van der Waals surface area contributed by atoms with Crippen LogP contribution in [0.15, 0.2) is 40.9 Å². The Bertz CT molecular complexity index is 701. The molecule has 1 atom stereocenters. The van der Waals surface area contributed by atoms with E-state index < -0.39 is 6.04 Å². The average Bonchev–Trinajstić information content (AvgIpc) is 2.93. The van der Waals surface area contributed by atoms with Crippen molar-refractivity contribution in [1.29, 1.82) is 0 Å². The molecule has 0 aliphatic heterocycles. The highest BCUT2D eigenvalue weighted by molar-refractivity contribution is 5.78. The Morgan fingerprint density at radius 1 is 1.33 bits per heavy atom. The Morgan fingerprint density at radius 3 is 2.89 bits per heavy atom. The molecule has 0 amide bonds. The number of nitrogens with two attached hydrogens (primary N) is 1. The molecule has 18 heavy (non-hydrogen) atoms. The number of benzene rings is 1. The normalized spacial score (nSPS) is 13.1. The molecule has 3 rings (SSSR count). The second kappa shape index (κ2) is 3.96. The molecule has 2 aromatic heterocycles. The van der Waals surface area contributed by atoms with E-state index in [1.165, 1.54) is 12.1 Å². The molecular weight excluding hydrogens is 233 g/mol. The summed E-state index contributed by atoms with van der Waals surface area (Å²) in [7, 11) is 1.82. The zero-order valence-corrected chi connectivity index (χ0v) is 9.80. The van der Waals surface area contributed by atoms with Gasteiger partial charge < -0.3 is 10.2 Å². The van der Waals surface area contributed by atoms with Gasteiger partial charge >= 0.3 is 0 Å². The number of furan rings is 1. The van der Waals surface area contributed by atoms with Crippen LogP contribution >= 0.6 is 0 Å². The van der Waals surface area contributed by atoms with Crippen molar-refractivity contribution in [2.75, 3.05) is 0 Å². The lowest BCUT2D eigenvalue weighted by atomic mass is 10.1. The second-order valence-electron chi connectivity index (χ2n) is 4.19. The van der Waals surface area contributed by atoms with Gasteiger partial charge in [-0.25, -0.2) is 4.39 Å². The van der Waals surface area contributed by atoms with Crippen LogP contribution in [0.3, 0.4) is 0 Å². The third-order valence-corrected chi connectivity index (χ3v) is 2.98. The van der Waals surface area contributed by atoms with Gasteiger partial charge in [0.25, 0.3) is 0 Å². The topological polar surface area (TPSA) is 57.0 Å². The second-order valence-corrected chi connectivity index (χ2v) is 4.19. The van der Waals surface area contributed by atoms with E-state index in [9.17, 15) is 4.39 Å². The van der Waals surface area contributed by atoms with Crippen LogP contribution in [0, 0.1) is 5.82 Å². The lowest BCUT2D eigenvalue weighted by Crippen LogP contribution is -2.15. The Hall–Kier alpha value is -2.14. The van der Waals surface area contributed by atoms with Gasteiger partial charge in [0.1, 0.15) is 23.2 Å². The Balaban J connectivity index is 2.07. The minimum Gasteiger partial charge on any atom is -0.459 e. The van der Waals surface area contributed by atoms with Gasteiger partial charge in [-0.3, -0.25) is 4.68 Å². The first-order chi connectivity index (χ1) is 8.65. The Labute approximate surface area is 103 Å². The van der Waals surface area contributed by atoms with Crippen LogP contribution in [0.4, 0.5) is 4.39 Å². The fourth-order valence-electron chi connectivity index (χ4n) is 2.02. The lowest BCUT2D eigenvalue weighted by molar-refractivity contribution is 0.509. The monoisotopic (exact) mass is 245 g/mol. The highest BCUT2D eigenvalue weighted by Crippen LogP contribution is 2.26. The number of hydrogen-bond acceptors (Lipinski definition) is 3. The van der Waals surface area contributed by atoms with Gasteiger partial charge in [0.05, 0.1) is 5.69 Å². The zero-order chi connectivity index (χ0) is 12.7. The van der Waals surface area contributed by atoms with Crippen molar-refractivity contribution < 1.29 is 8.81 Å². The molecule has 4 nitrogen and oxygen atoms in total. The van der Waals surface area contributed by atoms with Gasteiger partial charge in [0.2, 0.25) is 0 Å². The van der Waals surface area contributed by atoms with E-state index in [0.29, 0.717) is 16.7 Å². The van der Waals surface area contributed by atoms with Crippen LogP contribution in [-0.4, -0.2) is 9.78 Å². The Kier molecular flexibility index (Phi) is 2.41. The molecular formula is C13H12FN3O. The predicted molar refractivity (Wildman–Crippen MR) is 65.4 cm³/mol. The van der Waals surface area contributed by atoms with E-state index in [2.05, 4.69) is 5.10 Å². The molecule has 3 aromatic rings. The van der Waals surface area contributed by atoms with Crippen LogP contribution in [0.25, 0.3) is 11.0 Å². The maximum atomic E-state index is 13.1. The fraction of sp³-hybridized carbons (Fsp3) is 0.154. The Morgan fingerprint density at radius 2 is 2.17 bits per heavy atom. The molecule has 2 heterocycles. The molecule has 5 heteroatoms. The summed E-state index contributed by atoms with van der Waals surface area (Å²) in [6.45, 7) is 0. The van der Waals surface area contributed by atoms with Crippen molar-refractivity contribution in [3.8, 4) is 0 Å². The van der Waals surface area contributed by atoms with E-state index >= 15 is 0 Å². The minimum atomic E-state index is -0.409. The molecule has 2 N–H and O–H groups in total. The predicted octanol–water partition coefficient (Wildman–Crippen LogP) is 2.35. The van der Waals surface area contributed by atoms with Gasteiger partial charge in [0.15, 0.2) is 0 Å². The maximum Gasteiger partial charge on any atom is 0.134 e. The van der Waals surface area contributed by atoms with Gasteiger partial charge in [0, 0.05) is 18.6 Å². The number of aryl methyl sites for hydroxylation is 1. The van der Waals surface area contributed by atoms with Crippen LogP contribution < -0.4 is 5.73 Å². The fourth-order valence-corrected chi connectivity index (χ4v) is 2.02. The third-order valence-electron chi connectivity index (χ3n) is 2.98. The summed E-state index contributed by atoms with van der Waals surface area (Å²) < 4.78 is 20.4. The summed E-state index contributed by atoms with van der Waals surface area (Å²) in [4.78, 5) is 0. The molecule has 0 aliphatic rings. The highest BCUT2D eigenvalue weighted by atomic mass is 19.1. The van der Waals surface area contributed by atoms with E-state index in [1.807, 2.05) is 13.1 Å². The van der Waals surface area contributed by atoms with Crippen molar-refractivity contribution in [2.45, 2.75) is 6.04 Å². The lowest BCUT2D eigenvalue weighted by Gasteiger charge is -2.08. The van der Waals surface area contributed by atoms with Crippen molar-refractivity contribution in [2.24, 2.45) is 12.8 Å². The van der Waals surface area contributed by atoms with Crippen LogP contribution in [0.5, 0.6) is 0 Å². The van der Waals surface area contributed by atoms with E-state index in [0.717, 1.165) is 5.69 Å². The molecule has 0 saturated carbocycles. The van der Waals surface area contributed by atoms with E-state index in [4.69, 9.17) is 10.2 Å². The number of hydrogen-bond donors (Lipinski definition) is 1. The van der Waals surface area contributed by atoms with Crippen molar-refractivity contribution in [1.82, 2.24) is 9.78 Å². The number of aromatic nitrogens is 2. The van der Waals surface area contributed by atoms with Crippen LogP contribution in [0.2, 0.25) is 0 Å². The first kappa shape index (κ1) is 11.0. The standard InChI is InChI=1S/C13H12FN3O/c1-17-10(4-5-16-17)13(15)12-7-8-6-9(14)2-3-11(8)18-12/h2-7,13H,15H2,1H3. The van der Waals surface area contributed by atoms with Crippen LogP contribution in [0.1, 0.15) is 17.5 Å². The molecule has 0 radical (unpaired) electrons. The number of fused-ring (bicyclic) bond motifs is 1. The molecule has 0 bridgehead atoms. The molecule has 0 fully saturated rings. The summed E-state index contributed by atoms with van der Waals surface area (Å²) in [6, 6.07) is 7.58. The minimum absolute atomic E-state index is 0.288. The van der Waals surface area contributed by atoms with Gasteiger partial charge in [-0.1, -0.05) is 0 Å². The SMILES string of the molecule is Cn1nccc1C(N)c1cc2cc(F)ccc2o1.